The molecule has 1 aromatic rings. The first-order chi connectivity index (χ1) is 8.28. The molecular formula is C12H18IN3O2. The Hall–Kier alpha value is -0.790. The van der Waals surface area contributed by atoms with Crippen LogP contribution in [0.2, 0.25) is 0 Å². The quantitative estimate of drug-likeness (QED) is 0.666. The van der Waals surface area contributed by atoms with E-state index in [1.165, 1.54) is 0 Å². The first-order valence-electron chi connectivity index (χ1n) is 5.97. The standard InChI is InChI=1S/C12H18IN3O2/c1-8-6-15(11(17)18-12(2,3)4)7-10-14-5-9(13)16(8)10/h5,8H,6-7H2,1-4H3. The minimum atomic E-state index is -0.457. The van der Waals surface area contributed by atoms with Gasteiger partial charge in [0, 0.05) is 6.54 Å². The van der Waals surface area contributed by atoms with Crippen molar-refractivity contribution in [1.82, 2.24) is 14.5 Å². The summed E-state index contributed by atoms with van der Waals surface area (Å²) in [4.78, 5) is 18.1. The summed E-state index contributed by atoms with van der Waals surface area (Å²) in [5, 5.41) is 0. The number of aromatic nitrogens is 2. The van der Waals surface area contributed by atoms with Crippen LogP contribution in [0.1, 0.15) is 39.6 Å². The third-order valence-electron chi connectivity index (χ3n) is 2.74. The summed E-state index contributed by atoms with van der Waals surface area (Å²) in [6.45, 7) is 8.90. The molecule has 1 aliphatic rings. The van der Waals surface area contributed by atoms with Crippen LogP contribution in [0.4, 0.5) is 4.79 Å². The van der Waals surface area contributed by atoms with E-state index >= 15 is 0 Å². The Kier molecular flexibility index (Phi) is 3.57. The minimum absolute atomic E-state index is 0.232. The van der Waals surface area contributed by atoms with Gasteiger partial charge in [-0.05, 0) is 50.3 Å². The van der Waals surface area contributed by atoms with Gasteiger partial charge in [-0.15, -0.1) is 0 Å². The monoisotopic (exact) mass is 363 g/mol. The van der Waals surface area contributed by atoms with Gasteiger partial charge in [-0.1, -0.05) is 0 Å². The van der Waals surface area contributed by atoms with Crippen molar-refractivity contribution < 1.29 is 9.53 Å². The number of fused-ring (bicyclic) bond motifs is 1. The lowest BCUT2D eigenvalue weighted by atomic mass is 10.2. The summed E-state index contributed by atoms with van der Waals surface area (Å²) in [6, 6.07) is 0.232. The molecule has 1 aliphatic heterocycles. The van der Waals surface area contributed by atoms with Gasteiger partial charge in [-0.3, -0.25) is 4.90 Å². The highest BCUT2D eigenvalue weighted by Crippen LogP contribution is 2.24. The second-order valence-corrected chi connectivity index (χ2v) is 6.68. The maximum absolute atomic E-state index is 12.0. The van der Waals surface area contributed by atoms with E-state index in [1.54, 1.807) is 4.90 Å². The molecule has 0 fully saturated rings. The number of carbonyl (C=O) groups excluding carboxylic acids is 1. The van der Waals surface area contributed by atoms with Crippen molar-refractivity contribution in [2.75, 3.05) is 6.54 Å². The molecule has 1 unspecified atom stereocenters. The van der Waals surface area contributed by atoms with E-state index in [0.29, 0.717) is 13.1 Å². The zero-order valence-electron chi connectivity index (χ0n) is 11.1. The molecule has 0 saturated carbocycles. The van der Waals surface area contributed by atoms with Crippen molar-refractivity contribution >= 4 is 28.7 Å². The Morgan fingerprint density at radius 3 is 2.83 bits per heavy atom. The van der Waals surface area contributed by atoms with Crippen LogP contribution < -0.4 is 0 Å². The fraction of sp³-hybridized carbons (Fsp3) is 0.667. The molecule has 0 aliphatic carbocycles. The van der Waals surface area contributed by atoms with Gasteiger partial charge in [-0.2, -0.15) is 0 Å². The van der Waals surface area contributed by atoms with Crippen LogP contribution in [0, 0.1) is 3.70 Å². The maximum Gasteiger partial charge on any atom is 0.410 e. The van der Waals surface area contributed by atoms with E-state index in [2.05, 4.69) is 39.1 Å². The fourth-order valence-corrected chi connectivity index (χ4v) is 2.95. The summed E-state index contributed by atoms with van der Waals surface area (Å²) < 4.78 is 8.67. The Morgan fingerprint density at radius 1 is 1.56 bits per heavy atom. The molecule has 2 heterocycles. The normalized spacial score (nSPS) is 19.6. The smallest absolute Gasteiger partial charge is 0.410 e. The second-order valence-electron chi connectivity index (χ2n) is 5.58. The SMILES string of the molecule is CC1CN(C(=O)OC(C)(C)C)Cc2ncc(I)n21. The summed E-state index contributed by atoms with van der Waals surface area (Å²) >= 11 is 2.27. The van der Waals surface area contributed by atoms with Gasteiger partial charge in [0.15, 0.2) is 0 Å². The van der Waals surface area contributed by atoms with Crippen molar-refractivity contribution in [1.29, 1.82) is 0 Å². The Morgan fingerprint density at radius 2 is 2.22 bits per heavy atom. The van der Waals surface area contributed by atoms with Crippen LogP contribution in [0.3, 0.4) is 0 Å². The molecule has 2 rings (SSSR count). The molecule has 1 atom stereocenters. The molecule has 1 amide bonds. The van der Waals surface area contributed by atoms with Crippen molar-refractivity contribution in [3.05, 3.63) is 15.7 Å². The first kappa shape index (κ1) is 13.6. The number of ether oxygens (including phenoxy) is 1. The molecule has 18 heavy (non-hydrogen) atoms. The van der Waals surface area contributed by atoms with Gasteiger partial charge in [0.1, 0.15) is 15.1 Å². The molecule has 100 valence electrons. The highest BCUT2D eigenvalue weighted by molar-refractivity contribution is 14.1. The third-order valence-corrected chi connectivity index (χ3v) is 3.54. The van der Waals surface area contributed by atoms with Gasteiger partial charge >= 0.3 is 6.09 Å². The van der Waals surface area contributed by atoms with Crippen LogP contribution in [0.25, 0.3) is 0 Å². The fourth-order valence-electron chi connectivity index (χ4n) is 2.06. The summed E-state index contributed by atoms with van der Waals surface area (Å²) in [5.41, 5.74) is -0.457. The molecule has 0 N–H and O–H groups in total. The second kappa shape index (κ2) is 4.71. The molecule has 0 bridgehead atoms. The zero-order chi connectivity index (χ0) is 13.5. The molecule has 0 saturated heterocycles. The van der Waals surface area contributed by atoms with E-state index < -0.39 is 5.60 Å². The minimum Gasteiger partial charge on any atom is -0.444 e. The Balaban J connectivity index is 2.14. The van der Waals surface area contributed by atoms with Gasteiger partial charge < -0.3 is 9.30 Å². The average Bonchev–Trinajstić information content (AvgIpc) is 2.58. The van der Waals surface area contributed by atoms with Gasteiger partial charge in [0.25, 0.3) is 0 Å². The molecule has 0 spiro atoms. The van der Waals surface area contributed by atoms with Crippen molar-refractivity contribution in [3.63, 3.8) is 0 Å². The van der Waals surface area contributed by atoms with Gasteiger partial charge in [0.2, 0.25) is 0 Å². The predicted molar refractivity (Wildman–Crippen MR) is 76.3 cm³/mol. The molecule has 5 nitrogen and oxygen atoms in total. The Labute approximate surface area is 121 Å². The van der Waals surface area contributed by atoms with E-state index in [0.717, 1.165) is 9.53 Å². The molecule has 0 aromatic carbocycles. The number of amides is 1. The van der Waals surface area contributed by atoms with Crippen molar-refractivity contribution in [3.8, 4) is 0 Å². The largest absolute Gasteiger partial charge is 0.444 e. The average molecular weight is 363 g/mol. The van der Waals surface area contributed by atoms with E-state index in [-0.39, 0.29) is 12.1 Å². The van der Waals surface area contributed by atoms with Crippen LogP contribution in [-0.4, -0.2) is 32.7 Å². The number of hydrogen-bond donors (Lipinski definition) is 0. The lowest BCUT2D eigenvalue weighted by molar-refractivity contribution is 0.0168. The van der Waals surface area contributed by atoms with Gasteiger partial charge in [-0.25, -0.2) is 9.78 Å². The summed E-state index contributed by atoms with van der Waals surface area (Å²) in [5.74, 6) is 0.920. The molecule has 0 radical (unpaired) electrons. The van der Waals surface area contributed by atoms with Crippen molar-refractivity contribution in [2.24, 2.45) is 0 Å². The maximum atomic E-state index is 12.0. The van der Waals surface area contributed by atoms with Gasteiger partial charge in [0.05, 0.1) is 18.8 Å². The first-order valence-corrected chi connectivity index (χ1v) is 7.05. The number of halogens is 1. The van der Waals surface area contributed by atoms with E-state index in [4.69, 9.17) is 4.74 Å². The lowest BCUT2D eigenvalue weighted by Gasteiger charge is -2.34. The summed E-state index contributed by atoms with van der Waals surface area (Å²) in [7, 11) is 0. The topological polar surface area (TPSA) is 47.4 Å². The number of hydrogen-bond acceptors (Lipinski definition) is 3. The predicted octanol–water partition coefficient (Wildman–Crippen LogP) is 2.80. The van der Waals surface area contributed by atoms with E-state index in [1.807, 2.05) is 27.0 Å². The number of carbonyl (C=O) groups is 1. The molecule has 6 heteroatoms. The van der Waals surface area contributed by atoms with Crippen molar-refractivity contribution in [2.45, 2.75) is 45.9 Å². The summed E-state index contributed by atoms with van der Waals surface area (Å²) in [6.07, 6.45) is 1.57. The number of rotatable bonds is 0. The molecular weight excluding hydrogens is 345 g/mol. The van der Waals surface area contributed by atoms with Crippen LogP contribution in [-0.2, 0) is 11.3 Å². The number of nitrogens with zero attached hydrogens (tertiary/aromatic N) is 3. The molecule has 1 aromatic heterocycles. The zero-order valence-corrected chi connectivity index (χ0v) is 13.3. The van der Waals surface area contributed by atoms with Crippen LogP contribution >= 0.6 is 22.6 Å². The third kappa shape index (κ3) is 2.78. The highest BCUT2D eigenvalue weighted by Gasteiger charge is 2.30. The van der Waals surface area contributed by atoms with E-state index in [9.17, 15) is 4.79 Å². The lowest BCUT2D eigenvalue weighted by Crippen LogP contribution is -2.43. The highest BCUT2D eigenvalue weighted by atomic mass is 127. The van der Waals surface area contributed by atoms with Crippen LogP contribution in [0.15, 0.2) is 6.20 Å². The number of imidazole rings is 1. The van der Waals surface area contributed by atoms with Crippen LogP contribution in [0.5, 0.6) is 0 Å². The Bertz CT molecular complexity index is 464.